The van der Waals surface area contributed by atoms with E-state index in [1.165, 1.54) is 4.90 Å². The predicted octanol–water partition coefficient (Wildman–Crippen LogP) is 3.78. The molecule has 0 radical (unpaired) electrons. The lowest BCUT2D eigenvalue weighted by atomic mass is 9.91. The minimum absolute atomic E-state index is 0.0665. The lowest BCUT2D eigenvalue weighted by molar-refractivity contribution is -0.146. The molecule has 5 rings (SSSR count). The molecule has 2 saturated heterocycles. The van der Waals surface area contributed by atoms with Crippen molar-refractivity contribution in [2.75, 3.05) is 26.2 Å². The van der Waals surface area contributed by atoms with Crippen molar-refractivity contribution >= 4 is 40.3 Å². The molecule has 0 atom stereocenters. The molecule has 1 aromatic heterocycles. The number of carbonyl (C=O) groups is 3. The molecule has 3 aliphatic rings. The number of hydrogen-bond acceptors (Lipinski definition) is 4. The van der Waals surface area contributed by atoms with Gasteiger partial charge in [-0.15, -0.1) is 0 Å². The van der Waals surface area contributed by atoms with E-state index in [-0.39, 0.29) is 52.9 Å². The second kappa shape index (κ2) is 8.18. The molecule has 3 heterocycles. The minimum Gasteiger partial charge on any atom is -0.449 e. The number of alkyl halides is 3. The summed E-state index contributed by atoms with van der Waals surface area (Å²) in [4.78, 5) is 39.9. The topological polar surface area (TPSA) is 96.9 Å². The number of rotatable bonds is 4. The zero-order chi connectivity index (χ0) is 24.4. The first-order valence-electron chi connectivity index (χ1n) is 11.2. The fraction of sp³-hybridized carbons (Fsp3) is 0.522. The van der Waals surface area contributed by atoms with Crippen LogP contribution in [0.2, 0.25) is 5.02 Å². The zero-order valence-corrected chi connectivity index (χ0v) is 18.9. The van der Waals surface area contributed by atoms with Gasteiger partial charge in [0.25, 0.3) is 5.91 Å². The van der Waals surface area contributed by atoms with Gasteiger partial charge in [-0.2, -0.15) is 13.2 Å². The van der Waals surface area contributed by atoms with Gasteiger partial charge in [-0.1, -0.05) is 11.6 Å². The molecule has 34 heavy (non-hydrogen) atoms. The van der Waals surface area contributed by atoms with E-state index in [9.17, 15) is 27.6 Å². The lowest BCUT2D eigenvalue weighted by Gasteiger charge is -2.41. The molecule has 0 bridgehead atoms. The van der Waals surface area contributed by atoms with Crippen molar-refractivity contribution in [2.24, 2.45) is 17.6 Å². The van der Waals surface area contributed by atoms with Crippen LogP contribution in [0.25, 0.3) is 11.0 Å². The maximum absolute atomic E-state index is 13.7. The third-order valence-electron chi connectivity index (χ3n) is 7.03. The number of halogens is 4. The van der Waals surface area contributed by atoms with Gasteiger partial charge in [-0.3, -0.25) is 14.4 Å². The van der Waals surface area contributed by atoms with E-state index in [1.807, 2.05) is 0 Å². The Labute approximate surface area is 198 Å². The third-order valence-corrected chi connectivity index (χ3v) is 7.40. The molecule has 0 unspecified atom stereocenters. The highest BCUT2D eigenvalue weighted by molar-refractivity contribution is 6.38. The summed E-state index contributed by atoms with van der Waals surface area (Å²) in [5, 5.41) is -0.0298. The van der Waals surface area contributed by atoms with Gasteiger partial charge in [0.05, 0.1) is 16.5 Å². The molecule has 1 saturated carbocycles. The molecule has 1 aliphatic carbocycles. The number of nitrogens with two attached hydrogens (primary N) is 1. The number of fused-ring (bicyclic) bond motifs is 1. The number of hydrogen-bond donors (Lipinski definition) is 1. The Morgan fingerprint density at radius 2 is 1.65 bits per heavy atom. The number of primary amides is 1. The van der Waals surface area contributed by atoms with Crippen molar-refractivity contribution in [1.29, 1.82) is 0 Å². The van der Waals surface area contributed by atoms with Crippen LogP contribution in [0.5, 0.6) is 0 Å². The number of furan rings is 1. The standard InChI is InChI=1S/C23H23ClF3N3O4/c24-17-15-7-13(11-1-2-11)8-16(23(25,26)27)18(15)34-19(17)22(33)29-5-3-12(4-6-29)21(32)30-9-14(10-30)20(28)31/h7-8,11-12,14H,1-6,9-10H2,(H2,28,31). The Morgan fingerprint density at radius 3 is 2.21 bits per heavy atom. The Morgan fingerprint density at radius 1 is 1.00 bits per heavy atom. The molecular formula is C23H23ClF3N3O4. The van der Waals surface area contributed by atoms with Crippen LogP contribution in [-0.4, -0.2) is 53.7 Å². The summed E-state index contributed by atoms with van der Waals surface area (Å²) in [6.07, 6.45) is -2.20. The maximum Gasteiger partial charge on any atom is 0.420 e. The van der Waals surface area contributed by atoms with E-state index in [0.29, 0.717) is 31.5 Å². The van der Waals surface area contributed by atoms with Crippen molar-refractivity contribution in [3.63, 3.8) is 0 Å². The second-order valence-corrected chi connectivity index (χ2v) is 9.75. The van der Waals surface area contributed by atoms with Crippen molar-refractivity contribution in [1.82, 2.24) is 9.80 Å². The van der Waals surface area contributed by atoms with Gasteiger partial charge >= 0.3 is 6.18 Å². The van der Waals surface area contributed by atoms with E-state index in [2.05, 4.69) is 0 Å². The number of piperidine rings is 1. The van der Waals surface area contributed by atoms with Crippen LogP contribution in [-0.2, 0) is 15.8 Å². The molecule has 182 valence electrons. The van der Waals surface area contributed by atoms with Gasteiger partial charge < -0.3 is 20.0 Å². The van der Waals surface area contributed by atoms with Crippen LogP contribution in [0.4, 0.5) is 13.2 Å². The molecule has 2 aliphatic heterocycles. The van der Waals surface area contributed by atoms with E-state index < -0.39 is 29.1 Å². The Balaban J connectivity index is 1.32. The van der Waals surface area contributed by atoms with Crippen LogP contribution in [0.3, 0.4) is 0 Å². The summed E-state index contributed by atoms with van der Waals surface area (Å²) in [5.74, 6) is -1.95. The number of benzene rings is 1. The summed E-state index contributed by atoms with van der Waals surface area (Å²) < 4.78 is 46.6. The average molecular weight is 498 g/mol. The molecule has 2 N–H and O–H groups in total. The SMILES string of the molecule is NC(=O)C1CN(C(=O)C2CCN(C(=O)c3oc4c(C(F)(F)F)cc(C5CC5)cc4c3Cl)CC2)C1. The van der Waals surface area contributed by atoms with Gasteiger partial charge in [-0.05, 0) is 49.3 Å². The minimum atomic E-state index is -4.65. The summed E-state index contributed by atoms with van der Waals surface area (Å²) >= 11 is 6.37. The number of likely N-dealkylation sites (tertiary alicyclic amines) is 2. The normalized spacial score (nSPS) is 20.0. The van der Waals surface area contributed by atoms with Crippen LogP contribution in [0, 0.1) is 11.8 Å². The molecule has 3 amide bonds. The largest absolute Gasteiger partial charge is 0.449 e. The predicted molar refractivity (Wildman–Crippen MR) is 116 cm³/mol. The van der Waals surface area contributed by atoms with E-state index in [4.69, 9.17) is 21.8 Å². The average Bonchev–Trinajstić information content (AvgIpc) is 3.55. The fourth-order valence-corrected chi connectivity index (χ4v) is 5.02. The van der Waals surface area contributed by atoms with Crippen LogP contribution in [0.15, 0.2) is 16.5 Å². The highest BCUT2D eigenvalue weighted by atomic mass is 35.5. The molecule has 11 heteroatoms. The van der Waals surface area contributed by atoms with E-state index in [1.54, 1.807) is 11.0 Å². The Bertz CT molecular complexity index is 1180. The van der Waals surface area contributed by atoms with E-state index in [0.717, 1.165) is 18.9 Å². The third kappa shape index (κ3) is 4.01. The van der Waals surface area contributed by atoms with Crippen molar-refractivity contribution in [3.8, 4) is 0 Å². The van der Waals surface area contributed by atoms with Crippen LogP contribution < -0.4 is 5.73 Å². The molecular weight excluding hydrogens is 475 g/mol. The van der Waals surface area contributed by atoms with Gasteiger partial charge in [0, 0.05) is 37.5 Å². The van der Waals surface area contributed by atoms with Gasteiger partial charge in [-0.25, -0.2) is 0 Å². The van der Waals surface area contributed by atoms with Crippen LogP contribution in [0.1, 0.15) is 53.3 Å². The molecule has 3 fully saturated rings. The lowest BCUT2D eigenvalue weighted by Crippen LogP contribution is -2.57. The first kappa shape index (κ1) is 23.0. The van der Waals surface area contributed by atoms with Crippen LogP contribution >= 0.6 is 11.6 Å². The Hall–Kier alpha value is -2.75. The number of carbonyl (C=O) groups excluding carboxylic acids is 3. The van der Waals surface area contributed by atoms with Crippen molar-refractivity contribution < 1.29 is 32.0 Å². The molecule has 1 aromatic carbocycles. The summed E-state index contributed by atoms with van der Waals surface area (Å²) in [6.45, 7) is 1.11. The number of nitrogens with zero attached hydrogens (tertiary/aromatic N) is 2. The smallest absolute Gasteiger partial charge is 0.420 e. The highest BCUT2D eigenvalue weighted by Crippen LogP contribution is 2.47. The monoisotopic (exact) mass is 497 g/mol. The van der Waals surface area contributed by atoms with Crippen molar-refractivity contribution in [3.05, 3.63) is 34.0 Å². The first-order chi connectivity index (χ1) is 16.0. The maximum atomic E-state index is 13.7. The quantitative estimate of drug-likeness (QED) is 0.695. The summed E-state index contributed by atoms with van der Waals surface area (Å²) in [5.41, 5.74) is 4.43. The van der Waals surface area contributed by atoms with Gasteiger partial charge in [0.2, 0.25) is 17.6 Å². The van der Waals surface area contributed by atoms with E-state index >= 15 is 0 Å². The van der Waals surface area contributed by atoms with Crippen molar-refractivity contribution in [2.45, 2.75) is 37.8 Å². The summed E-state index contributed by atoms with van der Waals surface area (Å²) in [6, 6.07) is 2.67. The molecule has 0 spiro atoms. The summed E-state index contributed by atoms with van der Waals surface area (Å²) in [7, 11) is 0. The molecule has 7 nitrogen and oxygen atoms in total. The number of amides is 3. The van der Waals surface area contributed by atoms with Gasteiger partial charge in [0.15, 0.2) is 0 Å². The van der Waals surface area contributed by atoms with Gasteiger partial charge in [0.1, 0.15) is 5.58 Å². The zero-order valence-electron chi connectivity index (χ0n) is 18.2. The second-order valence-electron chi connectivity index (χ2n) is 9.37. The highest BCUT2D eigenvalue weighted by Gasteiger charge is 2.41. The first-order valence-corrected chi connectivity index (χ1v) is 11.6. The Kier molecular flexibility index (Phi) is 5.54. The fourth-order valence-electron chi connectivity index (χ4n) is 4.76. The molecule has 2 aromatic rings.